The van der Waals surface area contributed by atoms with E-state index in [2.05, 4.69) is 22.1 Å². The van der Waals surface area contributed by atoms with Gasteiger partial charge in [-0.1, -0.05) is 6.08 Å². The predicted molar refractivity (Wildman–Crippen MR) is 82.1 cm³/mol. The highest BCUT2D eigenvalue weighted by atomic mass is 19.1. The normalized spacial score (nSPS) is 19.3. The topological polar surface area (TPSA) is 23.6 Å². The molecule has 4 heteroatoms. The number of benzene rings is 1. The third-order valence-corrected chi connectivity index (χ3v) is 4.45. The highest BCUT2D eigenvalue weighted by molar-refractivity contribution is 5.76. The molecule has 2 aliphatic heterocycles. The molecule has 0 N–H and O–H groups in total. The molecule has 0 atom stereocenters. The lowest BCUT2D eigenvalue weighted by Gasteiger charge is -2.35. The van der Waals surface area contributed by atoms with Crippen LogP contribution in [0.5, 0.6) is 0 Å². The molecule has 0 aliphatic carbocycles. The van der Waals surface area contributed by atoms with Gasteiger partial charge >= 0.3 is 0 Å². The first-order valence-electron chi connectivity index (χ1n) is 7.66. The Labute approximate surface area is 125 Å². The van der Waals surface area contributed by atoms with Crippen molar-refractivity contribution in [2.75, 3.05) is 31.1 Å². The first-order valence-corrected chi connectivity index (χ1v) is 7.66. The SMILES string of the molecule is O=Cc1ccc(N2CCC(CN3C=CCC3)CC2)c(F)c1. The average Bonchev–Trinajstić information content (AvgIpc) is 3.01. The van der Waals surface area contributed by atoms with Crippen molar-refractivity contribution in [3.63, 3.8) is 0 Å². The van der Waals surface area contributed by atoms with Gasteiger partial charge in [-0.25, -0.2) is 4.39 Å². The van der Waals surface area contributed by atoms with Crippen molar-refractivity contribution < 1.29 is 9.18 Å². The second-order valence-corrected chi connectivity index (χ2v) is 5.93. The van der Waals surface area contributed by atoms with Gasteiger partial charge in [0.1, 0.15) is 12.1 Å². The summed E-state index contributed by atoms with van der Waals surface area (Å²) in [5.41, 5.74) is 1.02. The van der Waals surface area contributed by atoms with E-state index in [9.17, 15) is 9.18 Å². The smallest absolute Gasteiger partial charge is 0.150 e. The Bertz CT molecular complexity index is 536. The summed E-state index contributed by atoms with van der Waals surface area (Å²) in [5, 5.41) is 0. The summed E-state index contributed by atoms with van der Waals surface area (Å²) in [5.74, 6) is 0.404. The molecule has 0 aromatic heterocycles. The van der Waals surface area contributed by atoms with Crippen LogP contribution >= 0.6 is 0 Å². The first-order chi connectivity index (χ1) is 10.3. The van der Waals surface area contributed by atoms with Gasteiger partial charge in [-0.2, -0.15) is 0 Å². The number of piperidine rings is 1. The number of aldehydes is 1. The standard InChI is InChI=1S/C17H21FN2O/c18-16-11-15(13-21)3-4-17(16)20-9-5-14(6-10-20)12-19-7-1-2-8-19/h1,3-4,7,11,13-14H,2,5-6,8-10,12H2. The molecule has 0 bridgehead atoms. The van der Waals surface area contributed by atoms with Crippen LogP contribution in [-0.4, -0.2) is 37.4 Å². The second-order valence-electron chi connectivity index (χ2n) is 5.93. The number of anilines is 1. The predicted octanol–water partition coefficient (Wildman–Crippen LogP) is 3.07. The Balaban J connectivity index is 1.57. The van der Waals surface area contributed by atoms with Crippen LogP contribution in [0.2, 0.25) is 0 Å². The van der Waals surface area contributed by atoms with E-state index in [0.717, 1.165) is 45.4 Å². The molecule has 0 amide bonds. The van der Waals surface area contributed by atoms with Crippen LogP contribution < -0.4 is 4.90 Å². The molecule has 0 unspecified atom stereocenters. The Morgan fingerprint density at radius 1 is 1.24 bits per heavy atom. The van der Waals surface area contributed by atoms with Gasteiger partial charge in [0.05, 0.1) is 5.69 Å². The van der Waals surface area contributed by atoms with Gasteiger partial charge in [-0.05, 0) is 49.6 Å². The maximum Gasteiger partial charge on any atom is 0.150 e. The van der Waals surface area contributed by atoms with Crippen LogP contribution in [0.25, 0.3) is 0 Å². The van der Waals surface area contributed by atoms with Gasteiger partial charge in [0.25, 0.3) is 0 Å². The van der Waals surface area contributed by atoms with Gasteiger partial charge in [0, 0.05) is 31.7 Å². The van der Waals surface area contributed by atoms with Gasteiger partial charge in [0.2, 0.25) is 0 Å². The van der Waals surface area contributed by atoms with E-state index in [1.807, 2.05) is 0 Å². The largest absolute Gasteiger partial charge is 0.377 e. The first kappa shape index (κ1) is 14.1. The van der Waals surface area contributed by atoms with Crippen LogP contribution in [-0.2, 0) is 0 Å². The van der Waals surface area contributed by atoms with E-state index in [1.165, 1.54) is 6.07 Å². The molecule has 1 saturated heterocycles. The van der Waals surface area contributed by atoms with Gasteiger partial charge in [-0.3, -0.25) is 4.79 Å². The molecule has 3 rings (SSSR count). The number of halogens is 1. The summed E-state index contributed by atoms with van der Waals surface area (Å²) in [6, 6.07) is 4.73. The fourth-order valence-corrected chi connectivity index (χ4v) is 3.23. The van der Waals surface area contributed by atoms with Crippen LogP contribution in [0.1, 0.15) is 29.6 Å². The Morgan fingerprint density at radius 2 is 2.05 bits per heavy atom. The molecule has 0 radical (unpaired) electrons. The van der Waals surface area contributed by atoms with Crippen molar-refractivity contribution in [2.24, 2.45) is 5.92 Å². The van der Waals surface area contributed by atoms with Crippen molar-refractivity contribution >= 4 is 12.0 Å². The van der Waals surface area contributed by atoms with Crippen molar-refractivity contribution in [2.45, 2.75) is 19.3 Å². The van der Waals surface area contributed by atoms with E-state index in [-0.39, 0.29) is 5.82 Å². The summed E-state index contributed by atoms with van der Waals surface area (Å²) < 4.78 is 14.0. The summed E-state index contributed by atoms with van der Waals surface area (Å²) in [6.07, 6.45) is 8.46. The van der Waals surface area contributed by atoms with Crippen LogP contribution in [0.3, 0.4) is 0 Å². The second kappa shape index (κ2) is 6.29. The van der Waals surface area contributed by atoms with Crippen molar-refractivity contribution in [1.82, 2.24) is 4.90 Å². The molecule has 1 fully saturated rings. The maximum atomic E-state index is 14.0. The minimum absolute atomic E-state index is 0.291. The Hall–Kier alpha value is -1.84. The average molecular weight is 288 g/mol. The third kappa shape index (κ3) is 3.26. The minimum Gasteiger partial charge on any atom is -0.377 e. The van der Waals surface area contributed by atoms with Gasteiger partial charge in [-0.15, -0.1) is 0 Å². The number of hydrogen-bond acceptors (Lipinski definition) is 3. The number of hydrogen-bond donors (Lipinski definition) is 0. The quantitative estimate of drug-likeness (QED) is 0.796. The summed E-state index contributed by atoms with van der Waals surface area (Å²) >= 11 is 0. The van der Waals surface area contributed by atoms with Crippen LogP contribution in [0.15, 0.2) is 30.5 Å². The lowest BCUT2D eigenvalue weighted by Crippen LogP contribution is -2.37. The zero-order valence-corrected chi connectivity index (χ0v) is 12.2. The fraction of sp³-hybridized carbons (Fsp3) is 0.471. The lowest BCUT2D eigenvalue weighted by atomic mass is 9.95. The molecule has 112 valence electrons. The molecular weight excluding hydrogens is 267 g/mol. The molecule has 3 nitrogen and oxygen atoms in total. The summed E-state index contributed by atoms with van der Waals surface area (Å²) in [6.45, 7) is 4.04. The number of carbonyl (C=O) groups is 1. The molecule has 0 saturated carbocycles. The molecule has 21 heavy (non-hydrogen) atoms. The van der Waals surface area contributed by atoms with Crippen molar-refractivity contribution in [1.29, 1.82) is 0 Å². The van der Waals surface area contributed by atoms with Gasteiger partial charge in [0.15, 0.2) is 0 Å². The highest BCUT2D eigenvalue weighted by Gasteiger charge is 2.23. The molecule has 1 aromatic rings. The monoisotopic (exact) mass is 288 g/mol. The molecule has 2 heterocycles. The Morgan fingerprint density at radius 3 is 2.67 bits per heavy atom. The summed E-state index contributed by atoms with van der Waals surface area (Å²) in [7, 11) is 0. The van der Waals surface area contributed by atoms with Crippen molar-refractivity contribution in [3.8, 4) is 0 Å². The highest BCUT2D eigenvalue weighted by Crippen LogP contribution is 2.27. The maximum absolute atomic E-state index is 14.0. The number of rotatable bonds is 4. The van der Waals surface area contributed by atoms with Crippen LogP contribution in [0, 0.1) is 11.7 Å². The molecule has 0 spiro atoms. The molecule has 2 aliphatic rings. The summed E-state index contributed by atoms with van der Waals surface area (Å²) in [4.78, 5) is 15.1. The van der Waals surface area contributed by atoms with Gasteiger partial charge < -0.3 is 9.80 Å². The zero-order chi connectivity index (χ0) is 14.7. The third-order valence-electron chi connectivity index (χ3n) is 4.45. The molecular formula is C17H21FN2O. The zero-order valence-electron chi connectivity index (χ0n) is 12.2. The van der Waals surface area contributed by atoms with Crippen LogP contribution in [0.4, 0.5) is 10.1 Å². The van der Waals surface area contributed by atoms with E-state index < -0.39 is 0 Å². The van der Waals surface area contributed by atoms with E-state index >= 15 is 0 Å². The van der Waals surface area contributed by atoms with Crippen molar-refractivity contribution in [3.05, 3.63) is 41.9 Å². The fourth-order valence-electron chi connectivity index (χ4n) is 3.23. The number of carbonyl (C=O) groups excluding carboxylic acids is 1. The Kier molecular flexibility index (Phi) is 4.23. The minimum atomic E-state index is -0.291. The van der Waals surface area contributed by atoms with E-state index in [1.54, 1.807) is 12.1 Å². The van der Waals surface area contributed by atoms with E-state index in [4.69, 9.17) is 0 Å². The molecule has 1 aromatic carbocycles. The van der Waals surface area contributed by atoms with E-state index in [0.29, 0.717) is 23.5 Å². The number of nitrogens with zero attached hydrogens (tertiary/aromatic N) is 2. The lowest BCUT2D eigenvalue weighted by molar-refractivity contribution is 0.112.